The van der Waals surface area contributed by atoms with E-state index in [4.69, 9.17) is 0 Å². The van der Waals surface area contributed by atoms with Crippen LogP contribution in [0.1, 0.15) is 10.4 Å². The van der Waals surface area contributed by atoms with Crippen molar-refractivity contribution in [3.8, 4) is 11.1 Å². The first-order valence-corrected chi connectivity index (χ1v) is 6.88. The van der Waals surface area contributed by atoms with Crippen LogP contribution in [0.2, 0.25) is 0 Å². The molecule has 0 aliphatic heterocycles. The fourth-order valence-corrected chi connectivity index (χ4v) is 2.19. The van der Waals surface area contributed by atoms with Crippen molar-refractivity contribution in [2.45, 2.75) is 0 Å². The summed E-state index contributed by atoms with van der Waals surface area (Å²) in [6, 6.07) is 20.3. The van der Waals surface area contributed by atoms with Gasteiger partial charge in [-0.1, -0.05) is 42.5 Å². The van der Waals surface area contributed by atoms with Gasteiger partial charge in [-0.25, -0.2) is 0 Å². The van der Waals surface area contributed by atoms with Crippen LogP contribution in [0.15, 0.2) is 77.7 Å². The summed E-state index contributed by atoms with van der Waals surface area (Å²) >= 11 is 0. The van der Waals surface area contributed by atoms with Crippen molar-refractivity contribution >= 4 is 11.6 Å². The van der Waals surface area contributed by atoms with E-state index in [0.29, 0.717) is 5.56 Å². The van der Waals surface area contributed by atoms with E-state index in [0.717, 1.165) is 11.1 Å². The highest BCUT2D eigenvalue weighted by molar-refractivity contribution is 6.04. The van der Waals surface area contributed by atoms with Gasteiger partial charge in [0.25, 0.3) is 11.5 Å². The van der Waals surface area contributed by atoms with Gasteiger partial charge in [0.15, 0.2) is 0 Å². The predicted octanol–water partition coefficient (Wildman–Crippen LogP) is 3.29. The van der Waals surface area contributed by atoms with Crippen LogP contribution < -0.4 is 10.9 Å². The molecule has 1 aromatic heterocycles. The number of aromatic nitrogens is 1. The van der Waals surface area contributed by atoms with Gasteiger partial charge in [0.05, 0.1) is 0 Å². The molecule has 0 fully saturated rings. The molecule has 22 heavy (non-hydrogen) atoms. The summed E-state index contributed by atoms with van der Waals surface area (Å²) in [7, 11) is 0. The summed E-state index contributed by atoms with van der Waals surface area (Å²) in [5, 5.41) is 2.62. The first-order chi connectivity index (χ1) is 10.7. The Bertz CT molecular complexity index is 854. The predicted molar refractivity (Wildman–Crippen MR) is 86.9 cm³/mol. The van der Waals surface area contributed by atoms with E-state index in [9.17, 15) is 9.59 Å². The van der Waals surface area contributed by atoms with Crippen molar-refractivity contribution in [1.82, 2.24) is 4.98 Å². The number of H-pyrrole nitrogens is 1. The van der Waals surface area contributed by atoms with Gasteiger partial charge in [-0.2, -0.15) is 0 Å². The van der Waals surface area contributed by atoms with E-state index in [1.165, 1.54) is 6.20 Å². The number of anilines is 1. The summed E-state index contributed by atoms with van der Waals surface area (Å²) in [6.07, 6.45) is 1.52. The van der Waals surface area contributed by atoms with Gasteiger partial charge in [0.2, 0.25) is 0 Å². The van der Waals surface area contributed by atoms with Gasteiger partial charge in [-0.05, 0) is 35.4 Å². The molecule has 2 N–H and O–H groups in total. The number of pyridine rings is 1. The minimum Gasteiger partial charge on any atom is -0.327 e. The molecule has 0 unspecified atom stereocenters. The zero-order valence-electron chi connectivity index (χ0n) is 11.7. The average Bonchev–Trinajstić information content (AvgIpc) is 2.58. The van der Waals surface area contributed by atoms with Crippen molar-refractivity contribution in [3.63, 3.8) is 0 Å². The molecule has 4 nitrogen and oxygen atoms in total. The second-order valence-electron chi connectivity index (χ2n) is 4.81. The maximum absolute atomic E-state index is 12.3. The maximum Gasteiger partial charge on any atom is 0.271 e. The minimum absolute atomic E-state index is 0.234. The third-order valence-electron chi connectivity index (χ3n) is 3.30. The van der Waals surface area contributed by atoms with E-state index in [2.05, 4.69) is 10.3 Å². The van der Waals surface area contributed by atoms with E-state index < -0.39 is 0 Å². The quantitative estimate of drug-likeness (QED) is 0.777. The number of amides is 1. The van der Waals surface area contributed by atoms with Gasteiger partial charge in [-0.15, -0.1) is 0 Å². The summed E-state index contributed by atoms with van der Waals surface area (Å²) in [5.41, 5.74) is 2.40. The first-order valence-electron chi connectivity index (χ1n) is 6.88. The molecule has 0 atom stereocenters. The number of hydrogen-bond acceptors (Lipinski definition) is 2. The highest BCUT2D eigenvalue weighted by Gasteiger charge is 2.09. The second-order valence-corrected chi connectivity index (χ2v) is 4.81. The Morgan fingerprint density at radius 2 is 1.64 bits per heavy atom. The minimum atomic E-state index is -0.324. The Hall–Kier alpha value is -3.14. The number of rotatable bonds is 3. The Morgan fingerprint density at radius 3 is 2.41 bits per heavy atom. The van der Waals surface area contributed by atoms with Crippen molar-refractivity contribution in [3.05, 3.63) is 88.8 Å². The number of aromatic amines is 1. The van der Waals surface area contributed by atoms with Crippen LogP contribution >= 0.6 is 0 Å². The molecule has 1 heterocycles. The van der Waals surface area contributed by atoms with Gasteiger partial charge < -0.3 is 10.3 Å². The molecular weight excluding hydrogens is 276 g/mol. The van der Waals surface area contributed by atoms with Gasteiger partial charge in [-0.3, -0.25) is 9.59 Å². The van der Waals surface area contributed by atoms with E-state index in [1.54, 1.807) is 18.2 Å². The molecule has 108 valence electrons. The molecule has 0 aliphatic carbocycles. The molecule has 0 radical (unpaired) electrons. The molecule has 4 heteroatoms. The topological polar surface area (TPSA) is 62.0 Å². The second kappa shape index (κ2) is 6.10. The van der Waals surface area contributed by atoms with Crippen molar-refractivity contribution in [2.75, 3.05) is 5.32 Å². The van der Waals surface area contributed by atoms with Gasteiger partial charge in [0, 0.05) is 11.8 Å². The summed E-state index contributed by atoms with van der Waals surface area (Å²) in [6.45, 7) is 0. The zero-order chi connectivity index (χ0) is 15.4. The summed E-state index contributed by atoms with van der Waals surface area (Å²) < 4.78 is 0. The zero-order valence-corrected chi connectivity index (χ0v) is 11.7. The van der Waals surface area contributed by atoms with Crippen molar-refractivity contribution in [2.24, 2.45) is 0 Å². The first kappa shape index (κ1) is 13.8. The third-order valence-corrected chi connectivity index (χ3v) is 3.30. The molecule has 0 saturated carbocycles. The summed E-state index contributed by atoms with van der Waals surface area (Å²) in [4.78, 5) is 26.4. The SMILES string of the molecule is O=C(Nc1ccc[nH]c1=O)c1cccc(-c2ccccc2)c1. The number of hydrogen-bond donors (Lipinski definition) is 2. The molecule has 3 rings (SSSR count). The van der Waals surface area contributed by atoms with Crippen LogP contribution in [0, 0.1) is 0 Å². The largest absolute Gasteiger partial charge is 0.327 e. The Morgan fingerprint density at radius 1 is 0.864 bits per heavy atom. The van der Waals surface area contributed by atoms with Crippen LogP contribution in [-0.2, 0) is 0 Å². The van der Waals surface area contributed by atoms with Crippen LogP contribution in [-0.4, -0.2) is 10.9 Å². The molecule has 0 spiro atoms. The lowest BCUT2D eigenvalue weighted by Gasteiger charge is -2.06. The molecule has 0 saturated heterocycles. The Balaban J connectivity index is 1.88. The highest BCUT2D eigenvalue weighted by Crippen LogP contribution is 2.20. The molecule has 0 bridgehead atoms. The molecule has 2 aromatic carbocycles. The lowest BCUT2D eigenvalue weighted by molar-refractivity contribution is 0.102. The lowest BCUT2D eigenvalue weighted by Crippen LogP contribution is -2.19. The number of nitrogens with one attached hydrogen (secondary N) is 2. The Kier molecular flexibility index (Phi) is 3.83. The van der Waals surface area contributed by atoms with Crippen LogP contribution in [0.3, 0.4) is 0 Å². The molecule has 3 aromatic rings. The fourth-order valence-electron chi connectivity index (χ4n) is 2.19. The van der Waals surface area contributed by atoms with Crippen LogP contribution in [0.5, 0.6) is 0 Å². The van der Waals surface area contributed by atoms with Crippen molar-refractivity contribution in [1.29, 1.82) is 0 Å². The molecular formula is C18H14N2O2. The summed E-state index contributed by atoms with van der Waals surface area (Å²) in [5.74, 6) is -0.311. The van der Waals surface area contributed by atoms with Crippen LogP contribution in [0.25, 0.3) is 11.1 Å². The van der Waals surface area contributed by atoms with E-state index >= 15 is 0 Å². The number of carbonyl (C=O) groups is 1. The maximum atomic E-state index is 12.3. The lowest BCUT2D eigenvalue weighted by atomic mass is 10.0. The highest BCUT2D eigenvalue weighted by atomic mass is 16.2. The van der Waals surface area contributed by atoms with Gasteiger partial charge in [0.1, 0.15) is 5.69 Å². The monoisotopic (exact) mass is 290 g/mol. The smallest absolute Gasteiger partial charge is 0.271 e. The Labute approximate surface area is 127 Å². The average molecular weight is 290 g/mol. The standard InChI is InChI=1S/C18H14N2O2/c21-17(20-16-10-5-11-19-18(16)22)15-9-4-8-14(12-15)13-6-2-1-3-7-13/h1-12H,(H,19,22)(H,20,21). The normalized spacial score (nSPS) is 10.2. The van der Waals surface area contributed by atoms with E-state index in [1.807, 2.05) is 48.5 Å². The third kappa shape index (κ3) is 2.96. The van der Waals surface area contributed by atoms with Crippen molar-refractivity contribution < 1.29 is 4.79 Å². The molecule has 0 aliphatic rings. The van der Waals surface area contributed by atoms with Crippen LogP contribution in [0.4, 0.5) is 5.69 Å². The van der Waals surface area contributed by atoms with E-state index in [-0.39, 0.29) is 17.2 Å². The number of benzene rings is 2. The number of carbonyl (C=O) groups excluding carboxylic acids is 1. The fraction of sp³-hybridized carbons (Fsp3) is 0. The van der Waals surface area contributed by atoms with Gasteiger partial charge >= 0.3 is 0 Å². The molecule has 1 amide bonds.